The maximum atomic E-state index is 9.70. The first-order chi connectivity index (χ1) is 6.86. The molecule has 0 aromatic carbocycles. The summed E-state index contributed by atoms with van der Waals surface area (Å²) in [6.45, 7) is 1.91. The molecular formula is C11H21NO2. The predicted molar refractivity (Wildman–Crippen MR) is 55.2 cm³/mol. The van der Waals surface area contributed by atoms with Gasteiger partial charge in [-0.2, -0.15) is 0 Å². The zero-order chi connectivity index (χ0) is 9.80. The van der Waals surface area contributed by atoms with E-state index in [0.29, 0.717) is 6.04 Å². The van der Waals surface area contributed by atoms with Crippen LogP contribution < -0.4 is 5.32 Å². The van der Waals surface area contributed by atoms with E-state index in [2.05, 4.69) is 5.32 Å². The van der Waals surface area contributed by atoms with Gasteiger partial charge in [0.1, 0.15) is 0 Å². The number of rotatable bonds is 3. The third-order valence-electron chi connectivity index (χ3n) is 3.34. The maximum Gasteiger partial charge on any atom is 0.0834 e. The first kappa shape index (κ1) is 10.4. The van der Waals surface area contributed by atoms with E-state index in [1.807, 2.05) is 0 Å². The van der Waals surface area contributed by atoms with Crippen molar-refractivity contribution in [2.24, 2.45) is 0 Å². The van der Waals surface area contributed by atoms with Crippen LogP contribution in [0.1, 0.15) is 38.5 Å². The summed E-state index contributed by atoms with van der Waals surface area (Å²) in [5.41, 5.74) is 0. The monoisotopic (exact) mass is 199 g/mol. The topological polar surface area (TPSA) is 41.5 Å². The number of aliphatic hydroxyl groups is 1. The molecule has 1 heterocycles. The van der Waals surface area contributed by atoms with Gasteiger partial charge >= 0.3 is 0 Å². The number of aliphatic hydroxyl groups excluding tert-OH is 1. The van der Waals surface area contributed by atoms with Crippen LogP contribution in [-0.2, 0) is 4.74 Å². The molecule has 1 saturated carbocycles. The van der Waals surface area contributed by atoms with Crippen LogP contribution in [0.3, 0.4) is 0 Å². The van der Waals surface area contributed by atoms with Crippen LogP contribution in [0, 0.1) is 0 Å². The quantitative estimate of drug-likeness (QED) is 0.714. The van der Waals surface area contributed by atoms with Gasteiger partial charge in [0.25, 0.3) is 0 Å². The van der Waals surface area contributed by atoms with Gasteiger partial charge in [-0.25, -0.2) is 0 Å². The van der Waals surface area contributed by atoms with Gasteiger partial charge in [-0.15, -0.1) is 0 Å². The van der Waals surface area contributed by atoms with Gasteiger partial charge in [0.05, 0.1) is 18.8 Å². The molecule has 0 spiro atoms. The van der Waals surface area contributed by atoms with Crippen LogP contribution in [0.2, 0.25) is 0 Å². The van der Waals surface area contributed by atoms with Crippen molar-refractivity contribution in [2.45, 2.75) is 56.8 Å². The van der Waals surface area contributed by atoms with Crippen molar-refractivity contribution >= 4 is 0 Å². The minimum absolute atomic E-state index is 0.103. The molecule has 2 rings (SSSR count). The van der Waals surface area contributed by atoms with E-state index in [-0.39, 0.29) is 12.2 Å². The van der Waals surface area contributed by atoms with Crippen LogP contribution in [0.4, 0.5) is 0 Å². The second kappa shape index (κ2) is 5.10. The fourth-order valence-electron chi connectivity index (χ4n) is 2.41. The van der Waals surface area contributed by atoms with E-state index >= 15 is 0 Å². The Bertz CT molecular complexity index is 169. The van der Waals surface area contributed by atoms with Crippen molar-refractivity contribution < 1.29 is 9.84 Å². The normalized spacial score (nSPS) is 38.8. The van der Waals surface area contributed by atoms with Gasteiger partial charge in [-0.3, -0.25) is 0 Å². The van der Waals surface area contributed by atoms with Gasteiger partial charge in [0, 0.05) is 6.04 Å². The summed E-state index contributed by atoms with van der Waals surface area (Å²) in [6, 6.07) is 0.532. The van der Waals surface area contributed by atoms with Crippen LogP contribution >= 0.6 is 0 Å². The van der Waals surface area contributed by atoms with Crippen LogP contribution in [0.5, 0.6) is 0 Å². The molecule has 1 aliphatic carbocycles. The second-order valence-electron chi connectivity index (χ2n) is 4.52. The molecule has 3 nitrogen and oxygen atoms in total. The summed E-state index contributed by atoms with van der Waals surface area (Å²) in [5, 5.41) is 13.1. The Kier molecular flexibility index (Phi) is 3.79. The van der Waals surface area contributed by atoms with E-state index in [0.717, 1.165) is 32.4 Å². The molecule has 0 aromatic rings. The van der Waals surface area contributed by atoms with Gasteiger partial charge in [0.2, 0.25) is 0 Å². The highest BCUT2D eigenvalue weighted by Gasteiger charge is 2.25. The molecule has 14 heavy (non-hydrogen) atoms. The molecule has 3 atom stereocenters. The molecule has 0 radical (unpaired) electrons. The number of ether oxygens (including phenoxy) is 1. The van der Waals surface area contributed by atoms with Crippen molar-refractivity contribution in [3.8, 4) is 0 Å². The molecule has 1 aliphatic heterocycles. The Balaban J connectivity index is 1.67. The molecule has 2 fully saturated rings. The second-order valence-corrected chi connectivity index (χ2v) is 4.52. The summed E-state index contributed by atoms with van der Waals surface area (Å²) in [6.07, 6.45) is 6.69. The van der Waals surface area contributed by atoms with Gasteiger partial charge < -0.3 is 15.2 Å². The van der Waals surface area contributed by atoms with Crippen LogP contribution in [-0.4, -0.2) is 36.5 Å². The summed E-state index contributed by atoms with van der Waals surface area (Å²) in [4.78, 5) is 0. The summed E-state index contributed by atoms with van der Waals surface area (Å²) < 4.78 is 5.77. The van der Waals surface area contributed by atoms with Gasteiger partial charge in [-0.05, 0) is 32.2 Å². The highest BCUT2D eigenvalue weighted by Crippen LogP contribution is 2.21. The lowest BCUT2D eigenvalue weighted by Crippen LogP contribution is -2.36. The Labute approximate surface area is 85.8 Å². The van der Waals surface area contributed by atoms with Crippen molar-refractivity contribution in [3.05, 3.63) is 0 Å². The van der Waals surface area contributed by atoms with Crippen molar-refractivity contribution in [3.63, 3.8) is 0 Å². The molecule has 2 aliphatic rings. The molecule has 2 N–H and O–H groups in total. The van der Waals surface area contributed by atoms with E-state index < -0.39 is 0 Å². The van der Waals surface area contributed by atoms with E-state index in [1.54, 1.807) is 0 Å². The lowest BCUT2D eigenvalue weighted by molar-refractivity contribution is -0.0633. The highest BCUT2D eigenvalue weighted by atomic mass is 16.5. The average molecular weight is 199 g/mol. The van der Waals surface area contributed by atoms with E-state index in [1.165, 1.54) is 19.3 Å². The van der Waals surface area contributed by atoms with E-state index in [4.69, 9.17) is 4.74 Å². The van der Waals surface area contributed by atoms with Gasteiger partial charge in [-0.1, -0.05) is 12.8 Å². The lowest BCUT2D eigenvalue weighted by atomic mass is 9.95. The molecule has 3 unspecified atom stereocenters. The summed E-state index contributed by atoms with van der Waals surface area (Å²) in [7, 11) is 0. The zero-order valence-corrected chi connectivity index (χ0v) is 8.74. The fraction of sp³-hybridized carbons (Fsp3) is 1.00. The summed E-state index contributed by atoms with van der Waals surface area (Å²) in [5.74, 6) is 0. The lowest BCUT2D eigenvalue weighted by Gasteiger charge is -2.28. The first-order valence-electron chi connectivity index (χ1n) is 5.89. The predicted octanol–water partition coefficient (Wildman–Crippen LogP) is 1.06. The Morgan fingerprint density at radius 2 is 2.00 bits per heavy atom. The molecule has 0 bridgehead atoms. The van der Waals surface area contributed by atoms with Crippen molar-refractivity contribution in [1.82, 2.24) is 5.32 Å². The zero-order valence-electron chi connectivity index (χ0n) is 8.74. The highest BCUT2D eigenvalue weighted by molar-refractivity contribution is 4.78. The molecular weight excluding hydrogens is 178 g/mol. The van der Waals surface area contributed by atoms with Crippen LogP contribution in [0.15, 0.2) is 0 Å². The molecule has 1 saturated heterocycles. The number of hydrogen-bond acceptors (Lipinski definition) is 3. The van der Waals surface area contributed by atoms with Crippen LogP contribution in [0.25, 0.3) is 0 Å². The average Bonchev–Trinajstić information content (AvgIpc) is 2.69. The third-order valence-corrected chi connectivity index (χ3v) is 3.34. The number of hydrogen-bond donors (Lipinski definition) is 2. The molecule has 82 valence electrons. The molecule has 3 heteroatoms. The maximum absolute atomic E-state index is 9.70. The number of nitrogens with one attached hydrogen (secondary N) is 1. The third kappa shape index (κ3) is 2.69. The van der Waals surface area contributed by atoms with E-state index in [9.17, 15) is 5.11 Å². The molecule has 0 aromatic heterocycles. The fourth-order valence-corrected chi connectivity index (χ4v) is 2.41. The summed E-state index contributed by atoms with van der Waals surface area (Å²) >= 11 is 0. The van der Waals surface area contributed by atoms with Gasteiger partial charge in [0.15, 0.2) is 0 Å². The SMILES string of the molecule is OC1CCCCC1OCC1CCCN1. The Morgan fingerprint density at radius 3 is 2.71 bits per heavy atom. The van der Waals surface area contributed by atoms with Crippen molar-refractivity contribution in [1.29, 1.82) is 0 Å². The molecule has 0 amide bonds. The minimum atomic E-state index is -0.217. The standard InChI is InChI=1S/C11H21NO2/c13-10-5-1-2-6-11(10)14-8-9-4-3-7-12-9/h9-13H,1-8H2. The largest absolute Gasteiger partial charge is 0.390 e. The minimum Gasteiger partial charge on any atom is -0.390 e. The Morgan fingerprint density at radius 1 is 1.14 bits per heavy atom. The smallest absolute Gasteiger partial charge is 0.0834 e. The first-order valence-corrected chi connectivity index (χ1v) is 5.89. The Hall–Kier alpha value is -0.120. The van der Waals surface area contributed by atoms with Crippen molar-refractivity contribution in [2.75, 3.05) is 13.2 Å².